The van der Waals surface area contributed by atoms with Crippen LogP contribution in [0, 0.1) is 6.92 Å². The molecule has 1 N–H and O–H groups in total. The monoisotopic (exact) mass is 467 g/mol. The number of aromatic nitrogens is 2. The summed E-state index contributed by atoms with van der Waals surface area (Å²) in [6.45, 7) is 5.64. The van der Waals surface area contributed by atoms with Crippen LogP contribution in [0.2, 0.25) is 0 Å². The van der Waals surface area contributed by atoms with Crippen molar-refractivity contribution < 1.29 is 9.59 Å². The molecule has 0 aliphatic carbocycles. The average Bonchev–Trinajstić information content (AvgIpc) is 3.23. The van der Waals surface area contributed by atoms with Crippen molar-refractivity contribution in [1.29, 1.82) is 0 Å². The van der Waals surface area contributed by atoms with Crippen molar-refractivity contribution >= 4 is 22.8 Å². The van der Waals surface area contributed by atoms with E-state index in [0.717, 1.165) is 54.3 Å². The second-order valence-corrected chi connectivity index (χ2v) is 9.01. The Morgan fingerprint density at radius 2 is 1.57 bits per heavy atom. The summed E-state index contributed by atoms with van der Waals surface area (Å²) in [6.07, 6.45) is 0. The molecule has 4 aromatic rings. The molecule has 0 radical (unpaired) electrons. The number of nitrogens with zero attached hydrogens (tertiary/aromatic N) is 4. The lowest BCUT2D eigenvalue weighted by Gasteiger charge is -2.32. The first kappa shape index (κ1) is 22.8. The van der Waals surface area contributed by atoms with E-state index in [1.54, 1.807) is 0 Å². The van der Waals surface area contributed by atoms with Crippen LogP contribution in [0.3, 0.4) is 0 Å². The van der Waals surface area contributed by atoms with E-state index in [1.807, 2.05) is 84.6 Å². The number of amides is 2. The number of rotatable bonds is 5. The number of hydrogen-bond acceptors (Lipinski definition) is 4. The summed E-state index contributed by atoms with van der Waals surface area (Å²) in [4.78, 5) is 34.3. The fourth-order valence-corrected chi connectivity index (χ4v) is 4.49. The van der Waals surface area contributed by atoms with Crippen molar-refractivity contribution in [1.82, 2.24) is 24.7 Å². The van der Waals surface area contributed by atoms with Crippen LogP contribution >= 0.6 is 0 Å². The van der Waals surface area contributed by atoms with Gasteiger partial charge in [0.1, 0.15) is 5.82 Å². The molecule has 178 valence electrons. The molecule has 0 spiro atoms. The zero-order valence-corrected chi connectivity index (χ0v) is 20.1. The van der Waals surface area contributed by atoms with Crippen LogP contribution in [0.5, 0.6) is 0 Å². The molecule has 7 nitrogen and oxygen atoms in total. The predicted molar refractivity (Wildman–Crippen MR) is 137 cm³/mol. The summed E-state index contributed by atoms with van der Waals surface area (Å²) in [6, 6.07) is 23.1. The van der Waals surface area contributed by atoms with E-state index in [1.165, 1.54) is 0 Å². The third kappa shape index (κ3) is 4.81. The summed E-state index contributed by atoms with van der Waals surface area (Å²) in [5.41, 5.74) is 4.98. The van der Waals surface area contributed by atoms with Crippen LogP contribution in [0.15, 0.2) is 72.8 Å². The SMILES string of the molecule is Cc1nc2cc(C(=O)NCc3ccc(C(=O)N4CCN(C)CC4)cc3)ccc2n1-c1ccccc1. The van der Waals surface area contributed by atoms with Gasteiger partial charge in [-0.3, -0.25) is 14.2 Å². The molecular formula is C28H29N5O2. The molecule has 7 heteroatoms. The zero-order chi connectivity index (χ0) is 24.4. The molecule has 1 fully saturated rings. The molecule has 2 heterocycles. The Kier molecular flexibility index (Phi) is 6.33. The van der Waals surface area contributed by atoms with Crippen molar-refractivity contribution in [2.75, 3.05) is 33.2 Å². The van der Waals surface area contributed by atoms with Gasteiger partial charge in [-0.1, -0.05) is 30.3 Å². The lowest BCUT2D eigenvalue weighted by Crippen LogP contribution is -2.47. The smallest absolute Gasteiger partial charge is 0.253 e. The van der Waals surface area contributed by atoms with Crippen LogP contribution in [0.25, 0.3) is 16.7 Å². The largest absolute Gasteiger partial charge is 0.348 e. The Hall–Kier alpha value is -3.97. The summed E-state index contributed by atoms with van der Waals surface area (Å²) >= 11 is 0. The maximum atomic E-state index is 12.8. The van der Waals surface area contributed by atoms with Gasteiger partial charge in [-0.15, -0.1) is 0 Å². The highest BCUT2D eigenvalue weighted by molar-refractivity contribution is 5.97. The first-order chi connectivity index (χ1) is 17.0. The molecule has 1 aliphatic heterocycles. The number of aryl methyl sites for hydroxylation is 1. The van der Waals surface area contributed by atoms with Gasteiger partial charge in [-0.05, 0) is 62.0 Å². The van der Waals surface area contributed by atoms with E-state index >= 15 is 0 Å². The number of piperazine rings is 1. The number of carbonyl (C=O) groups is 2. The summed E-state index contributed by atoms with van der Waals surface area (Å²) in [7, 11) is 2.07. The maximum Gasteiger partial charge on any atom is 0.253 e. The van der Waals surface area contributed by atoms with Crippen LogP contribution in [0.4, 0.5) is 0 Å². The molecule has 5 rings (SSSR count). The van der Waals surface area contributed by atoms with Gasteiger partial charge in [0.25, 0.3) is 11.8 Å². The van der Waals surface area contributed by atoms with Gasteiger partial charge >= 0.3 is 0 Å². The Labute approximate surface area is 205 Å². The number of hydrogen-bond donors (Lipinski definition) is 1. The number of carbonyl (C=O) groups excluding carboxylic acids is 2. The van der Waals surface area contributed by atoms with Gasteiger partial charge in [0.2, 0.25) is 0 Å². The van der Waals surface area contributed by atoms with E-state index in [-0.39, 0.29) is 11.8 Å². The minimum Gasteiger partial charge on any atom is -0.348 e. The summed E-state index contributed by atoms with van der Waals surface area (Å²) in [5, 5.41) is 2.98. The average molecular weight is 468 g/mol. The van der Waals surface area contributed by atoms with Crippen LogP contribution < -0.4 is 5.32 Å². The molecular weight excluding hydrogens is 438 g/mol. The highest BCUT2D eigenvalue weighted by Crippen LogP contribution is 2.22. The summed E-state index contributed by atoms with van der Waals surface area (Å²) < 4.78 is 2.09. The first-order valence-electron chi connectivity index (χ1n) is 11.9. The Bertz CT molecular complexity index is 1350. The third-order valence-corrected chi connectivity index (χ3v) is 6.54. The molecule has 1 aromatic heterocycles. The molecule has 0 unspecified atom stereocenters. The van der Waals surface area contributed by atoms with Crippen molar-refractivity contribution in [2.45, 2.75) is 13.5 Å². The molecule has 1 saturated heterocycles. The Balaban J connectivity index is 1.24. The maximum absolute atomic E-state index is 12.8. The molecule has 1 aliphatic rings. The van der Waals surface area contributed by atoms with E-state index in [2.05, 4.69) is 26.8 Å². The zero-order valence-electron chi connectivity index (χ0n) is 20.1. The number of para-hydroxylation sites is 1. The quantitative estimate of drug-likeness (QED) is 0.486. The number of fused-ring (bicyclic) bond motifs is 1. The van der Waals surface area contributed by atoms with E-state index in [4.69, 9.17) is 0 Å². The second kappa shape index (κ2) is 9.72. The second-order valence-electron chi connectivity index (χ2n) is 9.01. The lowest BCUT2D eigenvalue weighted by atomic mass is 10.1. The van der Waals surface area contributed by atoms with Crippen molar-refractivity contribution in [3.63, 3.8) is 0 Å². The van der Waals surface area contributed by atoms with Crippen LogP contribution in [0.1, 0.15) is 32.1 Å². The number of benzene rings is 3. The third-order valence-electron chi connectivity index (χ3n) is 6.54. The van der Waals surface area contributed by atoms with Gasteiger partial charge in [0.15, 0.2) is 0 Å². The van der Waals surface area contributed by atoms with Crippen molar-refractivity contribution in [3.05, 3.63) is 95.3 Å². The Morgan fingerprint density at radius 3 is 2.29 bits per heavy atom. The number of nitrogens with one attached hydrogen (secondary N) is 1. The molecule has 0 atom stereocenters. The standard InChI is InChI=1S/C28H29N5O2/c1-20-30-25-18-23(12-13-26(25)33(20)24-6-4-3-5-7-24)27(34)29-19-21-8-10-22(11-9-21)28(35)32-16-14-31(2)15-17-32/h3-13,18H,14-17,19H2,1-2H3,(H,29,34). The molecule has 35 heavy (non-hydrogen) atoms. The van der Waals surface area contributed by atoms with Crippen LogP contribution in [-0.2, 0) is 6.54 Å². The fourth-order valence-electron chi connectivity index (χ4n) is 4.49. The van der Waals surface area contributed by atoms with E-state index < -0.39 is 0 Å². The minimum absolute atomic E-state index is 0.0622. The fraction of sp³-hybridized carbons (Fsp3) is 0.250. The van der Waals surface area contributed by atoms with Gasteiger partial charge in [-0.25, -0.2) is 4.98 Å². The molecule has 0 saturated carbocycles. The van der Waals surface area contributed by atoms with E-state index in [9.17, 15) is 9.59 Å². The van der Waals surface area contributed by atoms with E-state index in [0.29, 0.717) is 17.7 Å². The highest BCUT2D eigenvalue weighted by Gasteiger charge is 2.20. The Morgan fingerprint density at radius 1 is 0.886 bits per heavy atom. The minimum atomic E-state index is -0.156. The molecule has 3 aromatic carbocycles. The first-order valence-corrected chi connectivity index (χ1v) is 11.9. The lowest BCUT2D eigenvalue weighted by molar-refractivity contribution is 0.0664. The number of likely N-dealkylation sites (N-methyl/N-ethyl adjacent to an activating group) is 1. The normalized spacial score (nSPS) is 14.3. The molecule has 0 bridgehead atoms. The van der Waals surface area contributed by atoms with Gasteiger partial charge in [-0.2, -0.15) is 0 Å². The summed E-state index contributed by atoms with van der Waals surface area (Å²) in [5.74, 6) is 0.776. The van der Waals surface area contributed by atoms with Crippen molar-refractivity contribution in [3.8, 4) is 5.69 Å². The van der Waals surface area contributed by atoms with Crippen molar-refractivity contribution in [2.24, 2.45) is 0 Å². The van der Waals surface area contributed by atoms with Gasteiger partial charge in [0.05, 0.1) is 11.0 Å². The predicted octanol–water partition coefficient (Wildman–Crippen LogP) is 3.65. The highest BCUT2D eigenvalue weighted by atomic mass is 16.2. The van der Waals surface area contributed by atoms with Gasteiger partial charge < -0.3 is 15.1 Å². The number of imidazole rings is 1. The molecule has 2 amide bonds. The topological polar surface area (TPSA) is 70.5 Å². The van der Waals surface area contributed by atoms with Crippen LogP contribution in [-0.4, -0.2) is 64.4 Å². The van der Waals surface area contributed by atoms with Gasteiger partial charge in [0, 0.05) is 49.5 Å².